The fourth-order valence-electron chi connectivity index (χ4n) is 4.08. The highest BCUT2D eigenvalue weighted by Gasteiger charge is 2.33. The van der Waals surface area contributed by atoms with Gasteiger partial charge in [-0.15, -0.1) is 0 Å². The number of halogens is 1. The highest BCUT2D eigenvalue weighted by Crippen LogP contribution is 2.34. The number of piperidine rings is 1. The van der Waals surface area contributed by atoms with Crippen LogP contribution in [0.1, 0.15) is 44.1 Å². The molecular formula is C24H28BrN5O4S. The summed E-state index contributed by atoms with van der Waals surface area (Å²) in [5.74, 6) is 1.55. The number of aromatic nitrogens is 2. The van der Waals surface area contributed by atoms with Crippen LogP contribution in [0, 0.1) is 5.41 Å². The molecule has 0 amide bonds. The van der Waals surface area contributed by atoms with Gasteiger partial charge in [0.05, 0.1) is 12.0 Å². The molecule has 1 saturated heterocycles. The Bertz CT molecular complexity index is 1320. The lowest BCUT2D eigenvalue weighted by atomic mass is 9.98. The maximum absolute atomic E-state index is 13.2. The average molecular weight is 562 g/mol. The molecule has 0 unspecified atom stereocenters. The second-order valence-corrected chi connectivity index (χ2v) is 11.4. The number of methoxy groups -OCH3 is 1. The van der Waals surface area contributed by atoms with Gasteiger partial charge in [0.25, 0.3) is 0 Å². The highest BCUT2D eigenvalue weighted by atomic mass is 79.9. The minimum absolute atomic E-state index is 0.0175. The zero-order valence-corrected chi connectivity index (χ0v) is 22.2. The molecule has 0 saturated carbocycles. The standard InChI is InChI=1S/C24H28BrN5O4S/c1-15(2)27-21-12-17(4-5-18(21)14-26)23-28-24(34-29-23)16-8-10-30(11-9-16)35(31,32)22-7-6-19(33-3)13-20(22)25/h4-7,12-16,26-27H,8-11H2,1-3H3. The smallest absolute Gasteiger partial charge is 0.244 e. The number of benzene rings is 2. The molecule has 1 aliphatic heterocycles. The summed E-state index contributed by atoms with van der Waals surface area (Å²) in [5, 5.41) is 15.1. The van der Waals surface area contributed by atoms with Gasteiger partial charge in [0, 0.05) is 52.6 Å². The molecule has 186 valence electrons. The quantitative estimate of drug-likeness (QED) is 0.375. The van der Waals surface area contributed by atoms with E-state index in [9.17, 15) is 8.42 Å². The first-order chi connectivity index (χ1) is 16.7. The number of nitrogens with one attached hydrogen (secondary N) is 2. The van der Waals surface area contributed by atoms with E-state index in [0.29, 0.717) is 47.9 Å². The third kappa shape index (κ3) is 5.41. The molecule has 9 nitrogen and oxygen atoms in total. The van der Waals surface area contributed by atoms with Gasteiger partial charge in [0.15, 0.2) is 0 Å². The number of hydrogen-bond donors (Lipinski definition) is 2. The van der Waals surface area contributed by atoms with E-state index in [1.807, 2.05) is 32.0 Å². The second-order valence-electron chi connectivity index (χ2n) is 8.68. The number of ether oxygens (including phenoxy) is 1. The topological polar surface area (TPSA) is 121 Å². The highest BCUT2D eigenvalue weighted by molar-refractivity contribution is 9.10. The predicted octanol–water partition coefficient (Wildman–Crippen LogP) is 4.89. The Hall–Kier alpha value is -2.76. The van der Waals surface area contributed by atoms with Gasteiger partial charge in [-0.05, 0) is 66.9 Å². The summed E-state index contributed by atoms with van der Waals surface area (Å²) >= 11 is 3.35. The molecule has 11 heteroatoms. The first kappa shape index (κ1) is 25.3. The molecule has 0 atom stereocenters. The van der Waals surface area contributed by atoms with Gasteiger partial charge in [-0.2, -0.15) is 9.29 Å². The molecule has 0 spiro atoms. The molecule has 1 fully saturated rings. The van der Waals surface area contributed by atoms with E-state index < -0.39 is 10.0 Å². The van der Waals surface area contributed by atoms with Crippen LogP contribution in [0.25, 0.3) is 11.4 Å². The molecular weight excluding hydrogens is 534 g/mol. The van der Waals surface area contributed by atoms with Crippen molar-refractivity contribution in [1.82, 2.24) is 14.4 Å². The van der Waals surface area contributed by atoms with Gasteiger partial charge in [0.2, 0.25) is 21.7 Å². The van der Waals surface area contributed by atoms with Gasteiger partial charge in [-0.1, -0.05) is 17.3 Å². The van der Waals surface area contributed by atoms with Crippen molar-refractivity contribution < 1.29 is 17.7 Å². The molecule has 3 aromatic rings. The Kier molecular flexibility index (Phi) is 7.58. The molecule has 1 aliphatic rings. The van der Waals surface area contributed by atoms with E-state index in [0.717, 1.165) is 16.8 Å². The Morgan fingerprint density at radius 1 is 1.23 bits per heavy atom. The molecule has 35 heavy (non-hydrogen) atoms. The van der Waals surface area contributed by atoms with Crippen LogP contribution in [0.15, 0.2) is 50.3 Å². The van der Waals surface area contributed by atoms with Gasteiger partial charge < -0.3 is 20.0 Å². The van der Waals surface area contributed by atoms with Crippen molar-refractivity contribution in [2.45, 2.75) is 43.5 Å². The van der Waals surface area contributed by atoms with Crippen LogP contribution in [0.2, 0.25) is 0 Å². The van der Waals surface area contributed by atoms with Crippen LogP contribution in [-0.4, -0.2) is 55.3 Å². The largest absolute Gasteiger partial charge is 0.497 e. The average Bonchev–Trinajstić information content (AvgIpc) is 3.34. The number of nitrogens with zero attached hydrogens (tertiary/aromatic N) is 3. The first-order valence-electron chi connectivity index (χ1n) is 11.3. The van der Waals surface area contributed by atoms with E-state index in [1.165, 1.54) is 17.6 Å². The van der Waals surface area contributed by atoms with Crippen molar-refractivity contribution in [2.75, 3.05) is 25.5 Å². The Balaban J connectivity index is 1.47. The zero-order chi connectivity index (χ0) is 25.2. The van der Waals surface area contributed by atoms with Crippen molar-refractivity contribution >= 4 is 37.9 Å². The van der Waals surface area contributed by atoms with Crippen molar-refractivity contribution in [3.8, 4) is 17.1 Å². The molecule has 2 aromatic carbocycles. The molecule has 2 N–H and O–H groups in total. The van der Waals surface area contributed by atoms with Crippen LogP contribution in [0.4, 0.5) is 5.69 Å². The Morgan fingerprint density at radius 2 is 1.97 bits per heavy atom. The van der Waals surface area contributed by atoms with Crippen LogP contribution in [0.3, 0.4) is 0 Å². The van der Waals surface area contributed by atoms with Gasteiger partial charge >= 0.3 is 0 Å². The minimum Gasteiger partial charge on any atom is -0.497 e. The van der Waals surface area contributed by atoms with E-state index >= 15 is 0 Å². The van der Waals surface area contributed by atoms with E-state index in [1.54, 1.807) is 18.2 Å². The Morgan fingerprint density at radius 3 is 2.60 bits per heavy atom. The summed E-state index contributed by atoms with van der Waals surface area (Å²) in [6.07, 6.45) is 2.48. The van der Waals surface area contributed by atoms with E-state index in [4.69, 9.17) is 14.7 Å². The van der Waals surface area contributed by atoms with E-state index in [-0.39, 0.29) is 16.9 Å². The monoisotopic (exact) mass is 561 g/mol. The van der Waals surface area contributed by atoms with Gasteiger partial charge in [-0.25, -0.2) is 8.42 Å². The van der Waals surface area contributed by atoms with Crippen LogP contribution in [0.5, 0.6) is 5.75 Å². The van der Waals surface area contributed by atoms with Crippen molar-refractivity contribution in [1.29, 1.82) is 5.41 Å². The molecule has 0 radical (unpaired) electrons. The molecule has 2 heterocycles. The lowest BCUT2D eigenvalue weighted by Crippen LogP contribution is -2.38. The Labute approximate surface area is 213 Å². The van der Waals surface area contributed by atoms with Crippen LogP contribution < -0.4 is 10.1 Å². The van der Waals surface area contributed by atoms with Gasteiger partial charge in [-0.3, -0.25) is 0 Å². The molecule has 1 aromatic heterocycles. The van der Waals surface area contributed by atoms with Crippen LogP contribution >= 0.6 is 15.9 Å². The lowest BCUT2D eigenvalue weighted by Gasteiger charge is -2.29. The first-order valence-corrected chi connectivity index (χ1v) is 13.5. The predicted molar refractivity (Wildman–Crippen MR) is 138 cm³/mol. The number of rotatable bonds is 8. The third-order valence-corrected chi connectivity index (χ3v) is 8.79. The summed E-state index contributed by atoms with van der Waals surface area (Å²) in [4.78, 5) is 4.83. The normalized spacial score (nSPS) is 15.3. The fraction of sp³-hybridized carbons (Fsp3) is 0.375. The van der Waals surface area contributed by atoms with Gasteiger partial charge in [0.1, 0.15) is 5.75 Å². The van der Waals surface area contributed by atoms with E-state index in [2.05, 4.69) is 31.4 Å². The number of hydrogen-bond acceptors (Lipinski definition) is 8. The summed E-state index contributed by atoms with van der Waals surface area (Å²) in [5.41, 5.74) is 2.41. The maximum Gasteiger partial charge on any atom is 0.244 e. The maximum atomic E-state index is 13.2. The SMILES string of the molecule is COc1ccc(S(=O)(=O)N2CCC(c3nc(-c4ccc(C=N)c(NC(C)C)c4)no3)CC2)c(Br)c1. The van der Waals surface area contributed by atoms with Crippen molar-refractivity contribution in [3.63, 3.8) is 0 Å². The molecule has 0 aliphatic carbocycles. The summed E-state index contributed by atoms with van der Waals surface area (Å²) in [7, 11) is -2.11. The number of sulfonamides is 1. The number of anilines is 1. The van der Waals surface area contributed by atoms with Crippen molar-refractivity contribution in [2.24, 2.45) is 0 Å². The minimum atomic E-state index is -3.64. The van der Waals surface area contributed by atoms with Crippen LogP contribution in [-0.2, 0) is 10.0 Å². The summed E-state index contributed by atoms with van der Waals surface area (Å²) in [6, 6.07) is 10.7. The fourth-order valence-corrected chi connectivity index (χ4v) is 6.56. The molecule has 0 bridgehead atoms. The molecule has 4 rings (SSSR count). The van der Waals surface area contributed by atoms with Crippen molar-refractivity contribution in [3.05, 3.63) is 52.3 Å². The summed E-state index contributed by atoms with van der Waals surface area (Å²) < 4.78 is 39.1. The summed E-state index contributed by atoms with van der Waals surface area (Å²) in [6.45, 7) is 4.79. The zero-order valence-electron chi connectivity index (χ0n) is 19.8. The third-order valence-electron chi connectivity index (χ3n) is 5.91. The second kappa shape index (κ2) is 10.5. The lowest BCUT2D eigenvalue weighted by molar-refractivity contribution is 0.270.